The van der Waals surface area contributed by atoms with E-state index in [1.165, 1.54) is 5.56 Å². The summed E-state index contributed by atoms with van der Waals surface area (Å²) in [5.74, 6) is 1.40. The molecule has 3 atom stereocenters. The van der Waals surface area contributed by atoms with Crippen molar-refractivity contribution in [3.8, 4) is 0 Å². The highest BCUT2D eigenvalue weighted by Crippen LogP contribution is 2.40. The highest BCUT2D eigenvalue weighted by Gasteiger charge is 2.39. The minimum Gasteiger partial charge on any atom is -0.351 e. The lowest BCUT2D eigenvalue weighted by Gasteiger charge is -2.11. The van der Waals surface area contributed by atoms with Crippen LogP contribution in [0.5, 0.6) is 0 Å². The highest BCUT2D eigenvalue weighted by atomic mass is 32.2. The first-order valence-electron chi connectivity index (χ1n) is 6.32. The minimum absolute atomic E-state index is 0.00696. The summed E-state index contributed by atoms with van der Waals surface area (Å²) < 4.78 is 0. The zero-order chi connectivity index (χ0) is 13.0. The summed E-state index contributed by atoms with van der Waals surface area (Å²) in [5, 5.41) is 3.04. The molecule has 2 rings (SSSR count). The maximum Gasteiger partial charge on any atom is 0.237 e. The van der Waals surface area contributed by atoms with Gasteiger partial charge in [0.2, 0.25) is 5.91 Å². The molecule has 3 nitrogen and oxygen atoms in total. The van der Waals surface area contributed by atoms with Crippen molar-refractivity contribution in [1.82, 2.24) is 5.32 Å². The summed E-state index contributed by atoms with van der Waals surface area (Å²) in [5.41, 5.74) is 7.14. The fourth-order valence-electron chi connectivity index (χ4n) is 2.09. The third-order valence-electron chi connectivity index (χ3n) is 3.32. The van der Waals surface area contributed by atoms with Gasteiger partial charge in [-0.3, -0.25) is 4.79 Å². The molecule has 4 heteroatoms. The molecule has 0 heterocycles. The van der Waals surface area contributed by atoms with Crippen LogP contribution in [0.3, 0.4) is 0 Å². The number of carbonyl (C=O) groups excluding carboxylic acids is 1. The number of nitrogens with one attached hydrogen (secondary N) is 1. The summed E-state index contributed by atoms with van der Waals surface area (Å²) >= 11 is 1.72. The normalized spacial score (nSPS) is 23.4. The third-order valence-corrected chi connectivity index (χ3v) is 3.96. The van der Waals surface area contributed by atoms with Crippen molar-refractivity contribution in [2.75, 3.05) is 12.0 Å². The molecule has 0 aliphatic heterocycles. The smallest absolute Gasteiger partial charge is 0.237 e. The standard InChI is InChI=1S/C14H20N2OS/c1-18-8-7-12(15)14(17)16-13-9-11(13)10-5-3-2-4-6-10/h2-6,11-13H,7-9,15H2,1H3,(H,16,17)/t11?,12-,13?/m0/s1. The Bertz CT molecular complexity index is 396. The van der Waals surface area contributed by atoms with Gasteiger partial charge in [0.25, 0.3) is 0 Å². The Labute approximate surface area is 113 Å². The van der Waals surface area contributed by atoms with Crippen LogP contribution in [0.15, 0.2) is 30.3 Å². The van der Waals surface area contributed by atoms with Gasteiger partial charge in [0, 0.05) is 12.0 Å². The van der Waals surface area contributed by atoms with Crippen LogP contribution in [0.25, 0.3) is 0 Å². The average Bonchev–Trinajstić information content (AvgIpc) is 3.16. The lowest BCUT2D eigenvalue weighted by Crippen LogP contribution is -2.42. The van der Waals surface area contributed by atoms with E-state index in [0.717, 1.165) is 18.6 Å². The Morgan fingerprint density at radius 2 is 2.22 bits per heavy atom. The molecule has 1 aromatic rings. The summed E-state index contributed by atoms with van der Waals surface area (Å²) in [6.45, 7) is 0. The second kappa shape index (κ2) is 6.25. The van der Waals surface area contributed by atoms with Crippen LogP contribution in [0.2, 0.25) is 0 Å². The maximum absolute atomic E-state index is 11.8. The van der Waals surface area contributed by atoms with Crippen LogP contribution >= 0.6 is 11.8 Å². The largest absolute Gasteiger partial charge is 0.351 e. The molecule has 98 valence electrons. The third kappa shape index (κ3) is 3.50. The van der Waals surface area contributed by atoms with Crippen LogP contribution in [0, 0.1) is 0 Å². The highest BCUT2D eigenvalue weighted by molar-refractivity contribution is 7.98. The van der Waals surface area contributed by atoms with E-state index >= 15 is 0 Å². The minimum atomic E-state index is -0.366. The van der Waals surface area contributed by atoms with Gasteiger partial charge >= 0.3 is 0 Å². The van der Waals surface area contributed by atoms with E-state index in [4.69, 9.17) is 5.73 Å². The molecule has 1 aromatic carbocycles. The summed E-state index contributed by atoms with van der Waals surface area (Å²) in [6, 6.07) is 10.2. The number of nitrogens with two attached hydrogens (primary N) is 1. The first kappa shape index (κ1) is 13.4. The van der Waals surface area contributed by atoms with Crippen molar-refractivity contribution in [2.45, 2.75) is 30.8 Å². The van der Waals surface area contributed by atoms with E-state index in [1.54, 1.807) is 11.8 Å². The van der Waals surface area contributed by atoms with Crippen molar-refractivity contribution in [1.29, 1.82) is 0 Å². The van der Waals surface area contributed by atoms with Crippen molar-refractivity contribution in [3.05, 3.63) is 35.9 Å². The van der Waals surface area contributed by atoms with Gasteiger partial charge in [-0.2, -0.15) is 11.8 Å². The van der Waals surface area contributed by atoms with E-state index in [1.807, 2.05) is 24.5 Å². The maximum atomic E-state index is 11.8. The predicted molar refractivity (Wildman–Crippen MR) is 76.7 cm³/mol. The number of carbonyl (C=O) groups is 1. The number of hydrogen-bond acceptors (Lipinski definition) is 3. The van der Waals surface area contributed by atoms with Crippen LogP contribution in [-0.4, -0.2) is 30.0 Å². The van der Waals surface area contributed by atoms with Crippen molar-refractivity contribution in [2.24, 2.45) is 5.73 Å². The van der Waals surface area contributed by atoms with Gasteiger partial charge in [-0.1, -0.05) is 30.3 Å². The zero-order valence-electron chi connectivity index (χ0n) is 10.6. The van der Waals surface area contributed by atoms with E-state index in [9.17, 15) is 4.79 Å². The molecule has 1 aliphatic rings. The average molecular weight is 264 g/mol. The molecular weight excluding hydrogens is 244 g/mol. The van der Waals surface area contributed by atoms with E-state index in [2.05, 4.69) is 17.4 Å². The number of benzene rings is 1. The molecule has 1 fully saturated rings. The Kier molecular flexibility index (Phi) is 4.66. The quantitative estimate of drug-likeness (QED) is 0.823. The van der Waals surface area contributed by atoms with Gasteiger partial charge < -0.3 is 11.1 Å². The van der Waals surface area contributed by atoms with Crippen LogP contribution in [0.4, 0.5) is 0 Å². The predicted octanol–water partition coefficient (Wildman–Crippen LogP) is 1.74. The molecule has 18 heavy (non-hydrogen) atoms. The van der Waals surface area contributed by atoms with E-state index in [-0.39, 0.29) is 18.0 Å². The number of amides is 1. The second-order valence-corrected chi connectivity index (χ2v) is 5.74. The first-order valence-corrected chi connectivity index (χ1v) is 7.71. The number of thioether (sulfide) groups is 1. The summed E-state index contributed by atoms with van der Waals surface area (Å²) in [7, 11) is 0. The van der Waals surface area contributed by atoms with E-state index in [0.29, 0.717) is 5.92 Å². The van der Waals surface area contributed by atoms with Crippen LogP contribution < -0.4 is 11.1 Å². The fraction of sp³-hybridized carbons (Fsp3) is 0.500. The van der Waals surface area contributed by atoms with Crippen LogP contribution in [0.1, 0.15) is 24.3 Å². The Morgan fingerprint density at radius 1 is 1.50 bits per heavy atom. The topological polar surface area (TPSA) is 55.1 Å². The first-order chi connectivity index (χ1) is 8.72. The molecule has 3 N–H and O–H groups in total. The SMILES string of the molecule is CSCC[C@H](N)C(=O)NC1CC1c1ccccc1. The Morgan fingerprint density at radius 3 is 2.89 bits per heavy atom. The molecule has 1 saturated carbocycles. The van der Waals surface area contributed by atoms with Crippen LogP contribution in [-0.2, 0) is 4.79 Å². The summed E-state index contributed by atoms with van der Waals surface area (Å²) in [4.78, 5) is 11.8. The van der Waals surface area contributed by atoms with Gasteiger partial charge in [-0.05, 0) is 30.4 Å². The molecule has 0 saturated heterocycles. The van der Waals surface area contributed by atoms with Crippen molar-refractivity contribution >= 4 is 17.7 Å². The molecule has 1 aliphatic carbocycles. The zero-order valence-corrected chi connectivity index (χ0v) is 11.5. The number of rotatable bonds is 6. The molecule has 0 aromatic heterocycles. The molecule has 0 bridgehead atoms. The van der Waals surface area contributed by atoms with Gasteiger partial charge in [0.15, 0.2) is 0 Å². The molecule has 2 unspecified atom stereocenters. The Balaban J connectivity index is 1.77. The molecular formula is C14H20N2OS. The Hall–Kier alpha value is -1.00. The van der Waals surface area contributed by atoms with E-state index < -0.39 is 0 Å². The molecule has 0 radical (unpaired) electrons. The van der Waals surface area contributed by atoms with Gasteiger partial charge in [0.1, 0.15) is 0 Å². The summed E-state index contributed by atoms with van der Waals surface area (Å²) in [6.07, 6.45) is 3.80. The lowest BCUT2D eigenvalue weighted by atomic mass is 10.1. The monoisotopic (exact) mass is 264 g/mol. The van der Waals surface area contributed by atoms with Gasteiger partial charge in [-0.15, -0.1) is 0 Å². The van der Waals surface area contributed by atoms with Crippen molar-refractivity contribution < 1.29 is 4.79 Å². The molecule has 1 amide bonds. The second-order valence-electron chi connectivity index (χ2n) is 4.76. The lowest BCUT2D eigenvalue weighted by molar-refractivity contribution is -0.122. The van der Waals surface area contributed by atoms with Crippen molar-refractivity contribution in [3.63, 3.8) is 0 Å². The van der Waals surface area contributed by atoms with Gasteiger partial charge in [-0.25, -0.2) is 0 Å². The number of hydrogen-bond donors (Lipinski definition) is 2. The van der Waals surface area contributed by atoms with Gasteiger partial charge in [0.05, 0.1) is 6.04 Å². The fourth-order valence-corrected chi connectivity index (χ4v) is 2.58. The molecule has 0 spiro atoms.